The molecule has 0 saturated carbocycles. The van der Waals surface area contributed by atoms with Gasteiger partial charge in [0.25, 0.3) is 0 Å². The SMILES string of the molecule is CC1=CC(c2ccc3c(c2)c(C)nn3C)N(C)N1Cc1ccnc(C#N)c1. The third-order valence-electron chi connectivity index (χ3n) is 5.26. The van der Waals surface area contributed by atoms with Crippen LogP contribution < -0.4 is 0 Å². The van der Waals surface area contributed by atoms with Crippen LogP contribution in [0, 0.1) is 18.3 Å². The van der Waals surface area contributed by atoms with Gasteiger partial charge in [0.2, 0.25) is 0 Å². The molecule has 0 radical (unpaired) electrons. The summed E-state index contributed by atoms with van der Waals surface area (Å²) >= 11 is 0. The van der Waals surface area contributed by atoms with Crippen molar-refractivity contribution in [3.63, 3.8) is 0 Å². The van der Waals surface area contributed by atoms with Crippen molar-refractivity contribution in [1.82, 2.24) is 24.8 Å². The standard InChI is InChI=1S/C21H22N6/c1-14-9-21(17-5-6-20-19(11-17)15(2)24-25(20)3)26(4)27(14)13-16-7-8-23-18(10-16)12-22/h5-11,21H,13H2,1-4H3. The number of hydrogen-bond acceptors (Lipinski definition) is 5. The van der Waals surface area contributed by atoms with Crippen LogP contribution in [0.3, 0.4) is 0 Å². The Bertz CT molecular complexity index is 1090. The van der Waals surface area contributed by atoms with E-state index in [9.17, 15) is 0 Å². The summed E-state index contributed by atoms with van der Waals surface area (Å²) in [6.07, 6.45) is 3.97. The van der Waals surface area contributed by atoms with E-state index in [4.69, 9.17) is 5.26 Å². The molecular weight excluding hydrogens is 336 g/mol. The van der Waals surface area contributed by atoms with Gasteiger partial charge in [0.05, 0.1) is 23.8 Å². The summed E-state index contributed by atoms with van der Waals surface area (Å²) in [4.78, 5) is 4.06. The molecule has 0 amide bonds. The van der Waals surface area contributed by atoms with Crippen molar-refractivity contribution in [2.24, 2.45) is 7.05 Å². The second-order valence-corrected chi connectivity index (χ2v) is 7.03. The van der Waals surface area contributed by atoms with E-state index in [0.717, 1.165) is 16.8 Å². The zero-order valence-electron chi connectivity index (χ0n) is 16.0. The van der Waals surface area contributed by atoms with Crippen molar-refractivity contribution in [2.45, 2.75) is 26.4 Å². The lowest BCUT2D eigenvalue weighted by molar-refractivity contribution is 0.0269. The van der Waals surface area contributed by atoms with Gasteiger partial charge in [-0.2, -0.15) is 10.4 Å². The number of rotatable bonds is 3. The molecule has 136 valence electrons. The Morgan fingerprint density at radius 1 is 1.15 bits per heavy atom. The van der Waals surface area contributed by atoms with Crippen LogP contribution in [0.5, 0.6) is 0 Å². The third kappa shape index (κ3) is 2.96. The number of allylic oxidation sites excluding steroid dienone is 1. The summed E-state index contributed by atoms with van der Waals surface area (Å²) in [5.41, 5.74) is 6.16. The molecule has 3 aromatic rings. The van der Waals surface area contributed by atoms with E-state index in [1.54, 1.807) is 6.20 Å². The molecule has 1 atom stereocenters. The van der Waals surface area contributed by atoms with Crippen molar-refractivity contribution in [1.29, 1.82) is 5.26 Å². The van der Waals surface area contributed by atoms with E-state index in [2.05, 4.69) is 64.4 Å². The van der Waals surface area contributed by atoms with Crippen LogP contribution in [0.2, 0.25) is 0 Å². The van der Waals surface area contributed by atoms with Crippen LogP contribution >= 0.6 is 0 Å². The molecule has 4 rings (SSSR count). The number of aromatic nitrogens is 3. The van der Waals surface area contributed by atoms with Gasteiger partial charge in [-0.1, -0.05) is 6.07 Å². The Kier molecular flexibility index (Phi) is 4.17. The number of nitriles is 1. The molecule has 2 aromatic heterocycles. The third-order valence-corrected chi connectivity index (χ3v) is 5.26. The van der Waals surface area contributed by atoms with Gasteiger partial charge in [-0.3, -0.25) is 4.68 Å². The number of benzene rings is 1. The maximum absolute atomic E-state index is 9.07. The fourth-order valence-electron chi connectivity index (χ4n) is 3.82. The molecule has 1 aliphatic heterocycles. The Balaban J connectivity index is 1.63. The Morgan fingerprint density at radius 3 is 2.74 bits per heavy atom. The molecule has 3 heterocycles. The number of nitrogens with zero attached hydrogens (tertiary/aromatic N) is 6. The summed E-state index contributed by atoms with van der Waals surface area (Å²) in [7, 11) is 4.08. The lowest BCUT2D eigenvalue weighted by atomic mass is 10.0. The normalized spacial score (nSPS) is 17.4. The molecule has 0 bridgehead atoms. The summed E-state index contributed by atoms with van der Waals surface area (Å²) < 4.78 is 1.93. The molecule has 1 aromatic carbocycles. The Morgan fingerprint density at radius 2 is 1.96 bits per heavy atom. The van der Waals surface area contributed by atoms with E-state index >= 15 is 0 Å². The number of aryl methyl sites for hydroxylation is 2. The van der Waals surface area contributed by atoms with Gasteiger partial charge < -0.3 is 5.01 Å². The second-order valence-electron chi connectivity index (χ2n) is 7.03. The number of likely N-dealkylation sites (N-methyl/N-ethyl adjacent to an activating group) is 1. The summed E-state index contributed by atoms with van der Waals surface area (Å²) in [5, 5.41) is 19.3. The molecule has 6 heteroatoms. The molecule has 0 saturated heterocycles. The first-order valence-electron chi connectivity index (χ1n) is 8.95. The highest BCUT2D eigenvalue weighted by Crippen LogP contribution is 2.34. The van der Waals surface area contributed by atoms with Crippen molar-refractivity contribution < 1.29 is 0 Å². The lowest BCUT2D eigenvalue weighted by Crippen LogP contribution is -2.34. The summed E-state index contributed by atoms with van der Waals surface area (Å²) in [6.45, 7) is 4.88. The first kappa shape index (κ1) is 17.3. The molecule has 0 spiro atoms. The largest absolute Gasteiger partial charge is 0.305 e. The minimum absolute atomic E-state index is 0.172. The van der Waals surface area contributed by atoms with Crippen molar-refractivity contribution in [3.05, 3.63) is 70.8 Å². The second kappa shape index (κ2) is 6.53. The van der Waals surface area contributed by atoms with Gasteiger partial charge in [-0.15, -0.1) is 0 Å². The average Bonchev–Trinajstić information content (AvgIpc) is 3.11. The monoisotopic (exact) mass is 358 g/mol. The molecule has 0 fully saturated rings. The quantitative estimate of drug-likeness (QED) is 0.718. The predicted molar refractivity (Wildman–Crippen MR) is 104 cm³/mol. The van der Waals surface area contributed by atoms with Crippen molar-refractivity contribution in [3.8, 4) is 6.07 Å². The number of fused-ring (bicyclic) bond motifs is 1. The van der Waals surface area contributed by atoms with Gasteiger partial charge in [0.15, 0.2) is 0 Å². The maximum atomic E-state index is 9.07. The molecule has 0 N–H and O–H groups in total. The van der Waals surface area contributed by atoms with Crippen molar-refractivity contribution in [2.75, 3.05) is 7.05 Å². The predicted octanol–water partition coefficient (Wildman–Crippen LogP) is 3.46. The number of hydrogen-bond donors (Lipinski definition) is 0. The van der Waals surface area contributed by atoms with E-state index in [0.29, 0.717) is 12.2 Å². The smallest absolute Gasteiger partial charge is 0.140 e. The van der Waals surface area contributed by atoms with E-state index < -0.39 is 0 Å². The van der Waals surface area contributed by atoms with Crippen LogP contribution in [0.15, 0.2) is 48.3 Å². The lowest BCUT2D eigenvalue weighted by Gasteiger charge is -2.32. The first-order valence-corrected chi connectivity index (χ1v) is 8.95. The fraction of sp³-hybridized carbons (Fsp3) is 0.286. The van der Waals surface area contributed by atoms with Crippen molar-refractivity contribution >= 4 is 10.9 Å². The minimum atomic E-state index is 0.172. The van der Waals surface area contributed by atoms with Crippen LogP contribution in [-0.4, -0.2) is 31.8 Å². The number of pyridine rings is 1. The molecule has 1 aliphatic rings. The minimum Gasteiger partial charge on any atom is -0.305 e. The van der Waals surface area contributed by atoms with E-state index in [1.165, 1.54) is 16.6 Å². The highest BCUT2D eigenvalue weighted by Gasteiger charge is 2.28. The molecular formula is C21H22N6. The zero-order valence-corrected chi connectivity index (χ0v) is 16.0. The topological polar surface area (TPSA) is 61.0 Å². The fourth-order valence-corrected chi connectivity index (χ4v) is 3.82. The first-order chi connectivity index (χ1) is 13.0. The molecule has 6 nitrogen and oxygen atoms in total. The molecule has 0 aliphatic carbocycles. The average molecular weight is 358 g/mol. The molecule has 27 heavy (non-hydrogen) atoms. The Hall–Kier alpha value is -3.17. The van der Waals surface area contributed by atoms with E-state index in [-0.39, 0.29) is 6.04 Å². The van der Waals surface area contributed by atoms with Gasteiger partial charge in [-0.25, -0.2) is 9.99 Å². The van der Waals surface area contributed by atoms with Crippen LogP contribution in [0.4, 0.5) is 0 Å². The Labute approximate surface area is 158 Å². The molecule has 1 unspecified atom stereocenters. The van der Waals surface area contributed by atoms with Gasteiger partial charge in [0.1, 0.15) is 11.8 Å². The van der Waals surface area contributed by atoms with E-state index in [1.807, 2.05) is 30.8 Å². The highest BCUT2D eigenvalue weighted by molar-refractivity contribution is 5.82. The van der Waals surface area contributed by atoms with Crippen LogP contribution in [0.1, 0.15) is 35.5 Å². The van der Waals surface area contributed by atoms with Gasteiger partial charge in [-0.05, 0) is 55.3 Å². The number of hydrazine groups is 1. The van der Waals surface area contributed by atoms with Crippen LogP contribution in [-0.2, 0) is 13.6 Å². The van der Waals surface area contributed by atoms with Crippen LogP contribution in [0.25, 0.3) is 10.9 Å². The summed E-state index contributed by atoms with van der Waals surface area (Å²) in [6, 6.07) is 12.7. The highest BCUT2D eigenvalue weighted by atomic mass is 15.6. The summed E-state index contributed by atoms with van der Waals surface area (Å²) in [5.74, 6) is 0. The van der Waals surface area contributed by atoms with Gasteiger partial charge in [0, 0.05) is 31.4 Å². The zero-order chi connectivity index (χ0) is 19.1. The van der Waals surface area contributed by atoms with Gasteiger partial charge >= 0.3 is 0 Å². The maximum Gasteiger partial charge on any atom is 0.140 e.